The van der Waals surface area contributed by atoms with Crippen LogP contribution in [0.25, 0.3) is 66.7 Å². The van der Waals surface area contributed by atoms with Gasteiger partial charge in [0.15, 0.2) is 0 Å². The maximum absolute atomic E-state index is 13.5. The Labute approximate surface area is 338 Å². The second kappa shape index (κ2) is 16.8. The number of furan rings is 1. The minimum Gasteiger partial charge on any atom is 0 e. The van der Waals surface area contributed by atoms with E-state index in [1.807, 2.05) is 42.5 Å². The average Bonchev–Trinajstić information content (AvgIpc) is 3.58. The molecular weight excluding hydrogens is 904 g/mol. The van der Waals surface area contributed by atoms with Gasteiger partial charge in [-0.2, -0.15) is 0 Å². The Bertz CT molecular complexity index is 2620. The quantitative estimate of drug-likeness (QED) is 0.118. The fourth-order valence-electron chi connectivity index (χ4n) is 6.52. The first kappa shape index (κ1) is 35.1. The van der Waals surface area contributed by atoms with E-state index >= 15 is 0 Å². The molecule has 0 atom stereocenters. The number of rotatable bonds is 7. The van der Waals surface area contributed by atoms with Crippen molar-refractivity contribution in [3.63, 3.8) is 0 Å². The molecule has 0 N–H and O–H groups in total. The summed E-state index contributed by atoms with van der Waals surface area (Å²) in [5, 5.41) is 1.22. The Hall–Kier alpha value is -4.68. The molecule has 3 nitrogen and oxygen atoms in total. The van der Waals surface area contributed by atoms with Gasteiger partial charge in [-0.1, -0.05) is 73.6 Å². The third kappa shape index (κ3) is 8.65. The van der Waals surface area contributed by atoms with Gasteiger partial charge in [0, 0.05) is 41.4 Å². The molecule has 0 aliphatic heterocycles. The first-order chi connectivity index (χ1) is 26.8. The van der Waals surface area contributed by atoms with Crippen LogP contribution in [0.4, 0.5) is 4.39 Å². The fourth-order valence-corrected chi connectivity index (χ4v) is 8.69. The van der Waals surface area contributed by atoms with Gasteiger partial charge in [-0.3, -0.25) is 0 Å². The van der Waals surface area contributed by atoms with Crippen molar-refractivity contribution in [1.82, 2.24) is 9.97 Å². The van der Waals surface area contributed by atoms with Crippen molar-refractivity contribution >= 4 is 39.6 Å². The zero-order chi connectivity index (χ0) is 39.6. The van der Waals surface area contributed by atoms with Gasteiger partial charge in [0.2, 0.25) is 0 Å². The zero-order valence-corrected chi connectivity index (χ0v) is 35.5. The van der Waals surface area contributed by atoms with Gasteiger partial charge in [0.1, 0.15) is 11.4 Å². The molecule has 8 rings (SSSR count). The van der Waals surface area contributed by atoms with E-state index in [0.29, 0.717) is 39.1 Å². The van der Waals surface area contributed by atoms with Crippen LogP contribution in [-0.4, -0.2) is 23.2 Å². The third-order valence-corrected chi connectivity index (χ3v) is 13.5. The maximum Gasteiger partial charge on any atom is 0 e. The molecule has 5 aromatic carbocycles. The number of pyridine rings is 2. The Morgan fingerprint density at radius 2 is 1.57 bits per heavy atom. The molecule has 0 aliphatic rings. The van der Waals surface area contributed by atoms with Gasteiger partial charge in [0.25, 0.3) is 0 Å². The first-order valence-electron chi connectivity index (χ1n) is 19.4. The summed E-state index contributed by atoms with van der Waals surface area (Å²) in [7, 11) is 0. The number of benzene rings is 5. The predicted molar refractivity (Wildman–Crippen MR) is 221 cm³/mol. The molecule has 8 aromatic rings. The molecule has 3 heterocycles. The van der Waals surface area contributed by atoms with E-state index in [1.54, 1.807) is 18.3 Å². The number of hydrogen-bond donors (Lipinski definition) is 0. The summed E-state index contributed by atoms with van der Waals surface area (Å²) in [6, 6.07) is 44.8. The molecule has 0 saturated heterocycles. The standard InChI is InChI=1S/C28H23FNO.C20H20GeN.Ir/c1-17(2)15-19-13-14-30-25(16-19)23-12-7-18(3)26-24-6-4-5-22(27(24)31-28(23)26)20-8-10-21(29)11-9-20;1-21(2,3)19-12-13-20(22-15-19)18-11-7-10-17(14-18)16-8-5-4-6-9-16;/h4-11,13-14,16-17H,15H2,1-3H3;4-10,12-15H,1-3H3;/q2*-1;/i3D3;;. The maximum atomic E-state index is 13.5. The van der Waals surface area contributed by atoms with Crippen molar-refractivity contribution in [3.05, 3.63) is 163 Å². The van der Waals surface area contributed by atoms with E-state index < -0.39 is 20.1 Å². The molecule has 3 aromatic heterocycles. The van der Waals surface area contributed by atoms with Crippen LogP contribution in [0.15, 0.2) is 138 Å². The summed E-state index contributed by atoms with van der Waals surface area (Å²) in [5.74, 6) is 7.33. The summed E-state index contributed by atoms with van der Waals surface area (Å²) >= 11 is -1.79. The number of para-hydroxylation sites is 1. The van der Waals surface area contributed by atoms with Crippen molar-refractivity contribution in [2.75, 3.05) is 0 Å². The van der Waals surface area contributed by atoms with Gasteiger partial charge in [0.05, 0.1) is 5.58 Å². The summed E-state index contributed by atoms with van der Waals surface area (Å²) in [6.07, 6.45) is 4.72. The molecule has 0 fully saturated rings. The zero-order valence-electron chi connectivity index (χ0n) is 34.0. The van der Waals surface area contributed by atoms with E-state index in [9.17, 15) is 4.39 Å². The fraction of sp³-hybridized carbons (Fsp3) is 0.167. The smallest absolute Gasteiger partial charge is 0 e. The van der Waals surface area contributed by atoms with E-state index in [1.165, 1.54) is 33.7 Å². The summed E-state index contributed by atoms with van der Waals surface area (Å²) in [6.45, 7) is 1.97. The van der Waals surface area contributed by atoms with Crippen LogP contribution < -0.4 is 4.40 Å². The summed E-state index contributed by atoms with van der Waals surface area (Å²) < 4.78 is 45.7. The van der Waals surface area contributed by atoms with Crippen molar-refractivity contribution in [3.8, 4) is 44.8 Å². The van der Waals surface area contributed by atoms with Crippen LogP contribution in [0.3, 0.4) is 0 Å². The second-order valence-electron chi connectivity index (χ2n) is 14.8. The molecular formula is C48H43FGeIrN2O-2. The Morgan fingerprint density at radius 1 is 0.778 bits per heavy atom. The van der Waals surface area contributed by atoms with E-state index in [0.717, 1.165) is 34.4 Å². The number of fused-ring (bicyclic) bond motifs is 3. The predicted octanol–water partition coefficient (Wildman–Crippen LogP) is 12.5. The van der Waals surface area contributed by atoms with Crippen molar-refractivity contribution in [2.45, 2.75) is 44.4 Å². The number of halogens is 1. The number of aryl methyl sites for hydroxylation is 1. The van der Waals surface area contributed by atoms with Gasteiger partial charge < -0.3 is 9.40 Å². The molecule has 54 heavy (non-hydrogen) atoms. The van der Waals surface area contributed by atoms with Crippen molar-refractivity contribution in [1.29, 1.82) is 0 Å². The normalized spacial score (nSPS) is 12.4. The Balaban J connectivity index is 0.000000207. The topological polar surface area (TPSA) is 38.9 Å². The second-order valence-corrected chi connectivity index (χ2v) is 25.4. The molecule has 1 radical (unpaired) electrons. The molecule has 0 saturated carbocycles. The summed E-state index contributed by atoms with van der Waals surface area (Å²) in [4.78, 5) is 9.21. The van der Waals surface area contributed by atoms with Crippen LogP contribution in [-0.2, 0) is 26.5 Å². The number of hydrogen-bond acceptors (Lipinski definition) is 3. The monoisotopic (exact) mass is 952 g/mol. The van der Waals surface area contributed by atoms with Crippen LogP contribution in [0, 0.1) is 30.7 Å². The molecule has 0 unspecified atom stereocenters. The van der Waals surface area contributed by atoms with Gasteiger partial charge in [-0.25, -0.2) is 4.39 Å². The van der Waals surface area contributed by atoms with Crippen LogP contribution in [0.2, 0.25) is 17.3 Å². The Kier molecular flexibility index (Phi) is 10.9. The SMILES string of the molecule is [2H]C([2H])([2H])c1c[c-]c(-c2cc(CC(C)C)ccn2)c2oc3c(-c4ccc(F)cc4)cccc3c12.[CH3][Ge]([CH3])([CH3])[c]1ccc(-c2[c-]ccc(-c3ccccc3)c2)nc1.[Ir]. The molecule has 273 valence electrons. The number of nitrogens with zero attached hydrogens (tertiary/aromatic N) is 2. The molecule has 0 spiro atoms. The minimum atomic E-state index is -2.34. The van der Waals surface area contributed by atoms with Crippen LogP contribution in [0.1, 0.15) is 29.1 Å². The first-order valence-corrected chi connectivity index (χ1v) is 25.3. The molecule has 0 amide bonds. The van der Waals surface area contributed by atoms with Crippen LogP contribution >= 0.6 is 0 Å². The molecule has 6 heteroatoms. The average molecular weight is 951 g/mol. The van der Waals surface area contributed by atoms with Gasteiger partial charge >= 0.3 is 135 Å². The van der Waals surface area contributed by atoms with Crippen LogP contribution in [0.5, 0.6) is 0 Å². The van der Waals surface area contributed by atoms with Gasteiger partial charge in [-0.05, 0) is 41.8 Å². The van der Waals surface area contributed by atoms with Gasteiger partial charge in [-0.15, -0.1) is 17.7 Å². The van der Waals surface area contributed by atoms with Crippen molar-refractivity contribution < 1.29 is 33.0 Å². The van der Waals surface area contributed by atoms with E-state index in [4.69, 9.17) is 8.53 Å². The largest absolute Gasteiger partial charge is 0 e. The van der Waals surface area contributed by atoms with E-state index in [-0.39, 0.29) is 31.5 Å². The number of aromatic nitrogens is 2. The minimum absolute atomic E-state index is 0. The van der Waals surface area contributed by atoms with E-state index in [2.05, 4.69) is 108 Å². The molecule has 0 aliphatic carbocycles. The third-order valence-electron chi connectivity index (χ3n) is 9.27. The Morgan fingerprint density at radius 3 is 2.28 bits per heavy atom. The van der Waals surface area contributed by atoms with Crippen molar-refractivity contribution in [2.24, 2.45) is 5.92 Å². The molecule has 0 bridgehead atoms. The summed E-state index contributed by atoms with van der Waals surface area (Å²) in [5.41, 5.74) is 9.62.